The largest absolute Gasteiger partial charge is 0.355 e. The van der Waals surface area contributed by atoms with Crippen molar-refractivity contribution in [1.82, 2.24) is 4.90 Å². The van der Waals surface area contributed by atoms with Crippen molar-refractivity contribution in [2.75, 3.05) is 20.8 Å². The molecule has 2 unspecified atom stereocenters. The van der Waals surface area contributed by atoms with Gasteiger partial charge in [-0.15, -0.1) is 0 Å². The SMILES string of the molecule is COC(CN1C(C)CCCC1C)OC. The van der Waals surface area contributed by atoms with Crippen molar-refractivity contribution in [1.29, 1.82) is 0 Å². The first-order chi connectivity index (χ1) is 6.69. The molecule has 0 N–H and O–H groups in total. The monoisotopic (exact) mass is 201 g/mol. The predicted molar refractivity (Wildman–Crippen MR) is 57.3 cm³/mol. The fraction of sp³-hybridized carbons (Fsp3) is 1.00. The molecule has 0 bridgehead atoms. The van der Waals surface area contributed by atoms with Gasteiger partial charge in [-0.05, 0) is 26.7 Å². The number of ether oxygens (including phenoxy) is 2. The predicted octanol–water partition coefficient (Wildman–Crippen LogP) is 1.87. The fourth-order valence-corrected chi connectivity index (χ4v) is 2.25. The smallest absolute Gasteiger partial charge is 0.169 e. The van der Waals surface area contributed by atoms with E-state index >= 15 is 0 Å². The summed E-state index contributed by atoms with van der Waals surface area (Å²) < 4.78 is 10.5. The van der Waals surface area contributed by atoms with E-state index in [0.29, 0.717) is 12.1 Å². The molecule has 0 aromatic carbocycles. The molecule has 3 heteroatoms. The highest BCUT2D eigenvalue weighted by Crippen LogP contribution is 2.22. The Morgan fingerprint density at radius 1 is 1.14 bits per heavy atom. The third-order valence-corrected chi connectivity index (χ3v) is 3.26. The molecule has 1 aliphatic rings. The van der Waals surface area contributed by atoms with Crippen LogP contribution in [-0.4, -0.2) is 44.0 Å². The molecule has 0 radical (unpaired) electrons. The van der Waals surface area contributed by atoms with Crippen molar-refractivity contribution in [2.24, 2.45) is 0 Å². The molecular weight excluding hydrogens is 178 g/mol. The van der Waals surface area contributed by atoms with Gasteiger partial charge in [-0.3, -0.25) is 4.90 Å². The van der Waals surface area contributed by atoms with Crippen LogP contribution in [0.1, 0.15) is 33.1 Å². The topological polar surface area (TPSA) is 21.7 Å². The van der Waals surface area contributed by atoms with Crippen LogP contribution in [0, 0.1) is 0 Å². The number of piperidine rings is 1. The summed E-state index contributed by atoms with van der Waals surface area (Å²) in [6, 6.07) is 1.32. The third-order valence-electron chi connectivity index (χ3n) is 3.26. The van der Waals surface area contributed by atoms with Crippen molar-refractivity contribution in [2.45, 2.75) is 51.5 Å². The third kappa shape index (κ3) is 2.94. The molecule has 3 nitrogen and oxygen atoms in total. The van der Waals surface area contributed by atoms with Gasteiger partial charge < -0.3 is 9.47 Å². The summed E-state index contributed by atoms with van der Waals surface area (Å²) in [5, 5.41) is 0. The average molecular weight is 201 g/mol. The molecule has 0 amide bonds. The summed E-state index contributed by atoms with van der Waals surface area (Å²) in [6.45, 7) is 5.46. The van der Waals surface area contributed by atoms with E-state index in [0.717, 1.165) is 6.54 Å². The molecule has 1 heterocycles. The van der Waals surface area contributed by atoms with Gasteiger partial charge in [0.25, 0.3) is 0 Å². The summed E-state index contributed by atoms with van der Waals surface area (Å²) in [6.07, 6.45) is 3.86. The highest BCUT2D eigenvalue weighted by molar-refractivity contribution is 4.79. The highest BCUT2D eigenvalue weighted by atomic mass is 16.7. The van der Waals surface area contributed by atoms with Gasteiger partial charge in [0.2, 0.25) is 0 Å². The number of nitrogens with zero attached hydrogens (tertiary/aromatic N) is 1. The fourth-order valence-electron chi connectivity index (χ4n) is 2.25. The Morgan fingerprint density at radius 2 is 1.64 bits per heavy atom. The molecule has 1 aliphatic heterocycles. The van der Waals surface area contributed by atoms with E-state index in [1.165, 1.54) is 19.3 Å². The van der Waals surface area contributed by atoms with Gasteiger partial charge in [0.1, 0.15) is 0 Å². The standard InChI is InChI=1S/C11H23NO2/c1-9-6-5-7-10(2)12(9)8-11(13-3)14-4/h9-11H,5-8H2,1-4H3. The van der Waals surface area contributed by atoms with Gasteiger partial charge in [-0.25, -0.2) is 0 Å². The van der Waals surface area contributed by atoms with E-state index in [4.69, 9.17) is 9.47 Å². The lowest BCUT2D eigenvalue weighted by molar-refractivity contribution is -0.127. The van der Waals surface area contributed by atoms with Crippen LogP contribution >= 0.6 is 0 Å². The summed E-state index contributed by atoms with van der Waals surface area (Å²) in [5.74, 6) is 0. The quantitative estimate of drug-likeness (QED) is 0.648. The van der Waals surface area contributed by atoms with Crippen LogP contribution in [-0.2, 0) is 9.47 Å². The molecular formula is C11H23NO2. The maximum absolute atomic E-state index is 5.23. The minimum absolute atomic E-state index is 0.0852. The molecule has 84 valence electrons. The maximum Gasteiger partial charge on any atom is 0.169 e. The Balaban J connectivity index is 2.46. The molecule has 0 aromatic rings. The molecule has 0 aromatic heterocycles. The molecule has 1 rings (SSSR count). The van der Waals surface area contributed by atoms with Crippen LogP contribution in [0.3, 0.4) is 0 Å². The lowest BCUT2D eigenvalue weighted by Gasteiger charge is -2.40. The van der Waals surface area contributed by atoms with Crippen molar-refractivity contribution < 1.29 is 9.47 Å². The van der Waals surface area contributed by atoms with E-state index in [1.54, 1.807) is 14.2 Å². The van der Waals surface area contributed by atoms with Gasteiger partial charge in [-0.2, -0.15) is 0 Å². The van der Waals surface area contributed by atoms with Gasteiger partial charge >= 0.3 is 0 Å². The number of hydrogen-bond donors (Lipinski definition) is 0. The number of methoxy groups -OCH3 is 2. The summed E-state index contributed by atoms with van der Waals surface area (Å²) in [4.78, 5) is 2.49. The minimum atomic E-state index is -0.0852. The number of likely N-dealkylation sites (tertiary alicyclic amines) is 1. The second kappa shape index (κ2) is 5.69. The van der Waals surface area contributed by atoms with Crippen LogP contribution in [0.4, 0.5) is 0 Å². The second-order valence-electron chi connectivity index (χ2n) is 4.23. The van der Waals surface area contributed by atoms with Crippen molar-refractivity contribution in [3.05, 3.63) is 0 Å². The zero-order chi connectivity index (χ0) is 10.6. The normalized spacial score (nSPS) is 29.8. The molecule has 14 heavy (non-hydrogen) atoms. The Bertz CT molecular complexity index is 149. The van der Waals surface area contributed by atoms with Crippen LogP contribution in [0.25, 0.3) is 0 Å². The Labute approximate surface area is 87.4 Å². The number of hydrogen-bond acceptors (Lipinski definition) is 3. The molecule has 0 aliphatic carbocycles. The van der Waals surface area contributed by atoms with Crippen LogP contribution in [0.2, 0.25) is 0 Å². The van der Waals surface area contributed by atoms with Crippen LogP contribution in [0.15, 0.2) is 0 Å². The first-order valence-electron chi connectivity index (χ1n) is 5.50. The Morgan fingerprint density at radius 3 is 2.07 bits per heavy atom. The van der Waals surface area contributed by atoms with Crippen LogP contribution < -0.4 is 0 Å². The summed E-state index contributed by atoms with van der Waals surface area (Å²) in [5.41, 5.74) is 0. The van der Waals surface area contributed by atoms with Crippen LogP contribution in [0.5, 0.6) is 0 Å². The maximum atomic E-state index is 5.23. The molecule has 2 atom stereocenters. The molecule has 1 saturated heterocycles. The van der Waals surface area contributed by atoms with E-state index in [2.05, 4.69) is 18.7 Å². The Hall–Kier alpha value is -0.120. The summed E-state index contributed by atoms with van der Waals surface area (Å²) in [7, 11) is 3.40. The lowest BCUT2D eigenvalue weighted by atomic mass is 9.97. The minimum Gasteiger partial charge on any atom is -0.355 e. The first-order valence-corrected chi connectivity index (χ1v) is 5.50. The van der Waals surface area contributed by atoms with E-state index < -0.39 is 0 Å². The van der Waals surface area contributed by atoms with Gasteiger partial charge in [0.15, 0.2) is 6.29 Å². The molecule has 1 fully saturated rings. The molecule has 0 spiro atoms. The van der Waals surface area contributed by atoms with Gasteiger partial charge in [0.05, 0.1) is 6.54 Å². The van der Waals surface area contributed by atoms with E-state index in [9.17, 15) is 0 Å². The van der Waals surface area contributed by atoms with Gasteiger partial charge in [0, 0.05) is 26.3 Å². The van der Waals surface area contributed by atoms with Crippen molar-refractivity contribution in [3.8, 4) is 0 Å². The van der Waals surface area contributed by atoms with E-state index in [-0.39, 0.29) is 6.29 Å². The number of rotatable bonds is 4. The second-order valence-corrected chi connectivity index (χ2v) is 4.23. The van der Waals surface area contributed by atoms with Crippen molar-refractivity contribution >= 4 is 0 Å². The van der Waals surface area contributed by atoms with Crippen molar-refractivity contribution in [3.63, 3.8) is 0 Å². The lowest BCUT2D eigenvalue weighted by Crippen LogP contribution is -2.48. The zero-order valence-electron chi connectivity index (χ0n) is 9.82. The zero-order valence-corrected chi connectivity index (χ0v) is 9.82. The first kappa shape index (κ1) is 12.0. The molecule has 0 saturated carbocycles. The summed E-state index contributed by atoms with van der Waals surface area (Å²) >= 11 is 0. The Kier molecular flexibility index (Phi) is 4.85. The van der Waals surface area contributed by atoms with E-state index in [1.807, 2.05) is 0 Å². The highest BCUT2D eigenvalue weighted by Gasteiger charge is 2.26. The van der Waals surface area contributed by atoms with Gasteiger partial charge in [-0.1, -0.05) is 6.42 Å². The average Bonchev–Trinajstić information content (AvgIpc) is 2.18.